The Labute approximate surface area is 105 Å². The first-order chi connectivity index (χ1) is 7.77. The first-order valence-corrected chi connectivity index (χ1v) is 5.44. The monoisotopic (exact) mass is 258 g/mol. The maximum Gasteiger partial charge on any atom is 0.304 e. The molecule has 2 N–H and O–H groups in total. The number of carboxylic acids is 1. The Morgan fingerprint density at radius 3 is 2.53 bits per heavy atom. The predicted molar refractivity (Wildman–Crippen MR) is 64.9 cm³/mol. The highest BCUT2D eigenvalue weighted by Crippen LogP contribution is 2.39. The summed E-state index contributed by atoms with van der Waals surface area (Å²) >= 11 is 6.02. The molecular weight excluding hydrogens is 244 g/mol. The van der Waals surface area contributed by atoms with Crippen molar-refractivity contribution in [2.75, 3.05) is 7.11 Å². The number of carboxylic acid groups (broad SMARTS) is 1. The van der Waals surface area contributed by atoms with Crippen LogP contribution in [-0.4, -0.2) is 23.3 Å². The average Bonchev–Trinajstić information content (AvgIpc) is 2.15. The Hall–Kier alpha value is -1.42. The van der Waals surface area contributed by atoms with Crippen molar-refractivity contribution in [1.29, 1.82) is 0 Å². The van der Waals surface area contributed by atoms with E-state index in [1.807, 2.05) is 0 Å². The Kier molecular flexibility index (Phi) is 3.88. The minimum Gasteiger partial charge on any atom is -0.504 e. The van der Waals surface area contributed by atoms with E-state index in [4.69, 9.17) is 21.4 Å². The lowest BCUT2D eigenvalue weighted by atomic mass is 9.81. The maximum atomic E-state index is 10.8. The van der Waals surface area contributed by atoms with E-state index in [-0.39, 0.29) is 17.9 Å². The smallest absolute Gasteiger partial charge is 0.304 e. The van der Waals surface area contributed by atoms with E-state index >= 15 is 0 Å². The SMILES string of the molecule is COc1cc(C(C)(C)CC(=O)O)c(Cl)cc1O. The molecule has 0 spiro atoms. The van der Waals surface area contributed by atoms with Crippen molar-refractivity contribution in [1.82, 2.24) is 0 Å². The van der Waals surface area contributed by atoms with Crippen LogP contribution in [0, 0.1) is 0 Å². The van der Waals surface area contributed by atoms with E-state index in [1.54, 1.807) is 19.9 Å². The summed E-state index contributed by atoms with van der Waals surface area (Å²) in [5, 5.41) is 18.7. The number of ether oxygens (including phenoxy) is 1. The highest BCUT2D eigenvalue weighted by Gasteiger charge is 2.27. The lowest BCUT2D eigenvalue weighted by Crippen LogP contribution is -2.22. The van der Waals surface area contributed by atoms with Crippen molar-refractivity contribution in [2.24, 2.45) is 0 Å². The predicted octanol–water partition coefficient (Wildman–Crippen LogP) is 2.81. The number of phenolic OH excluding ortho intramolecular Hbond substituents is 1. The van der Waals surface area contributed by atoms with Gasteiger partial charge in [-0.05, 0) is 11.6 Å². The Morgan fingerprint density at radius 1 is 1.47 bits per heavy atom. The number of hydrogen-bond donors (Lipinski definition) is 2. The third-order valence-electron chi connectivity index (χ3n) is 2.59. The summed E-state index contributed by atoms with van der Waals surface area (Å²) in [6, 6.07) is 2.93. The van der Waals surface area contributed by atoms with Crippen LogP contribution in [0.4, 0.5) is 0 Å². The number of phenols is 1. The molecule has 0 aliphatic carbocycles. The van der Waals surface area contributed by atoms with Crippen LogP contribution in [0.25, 0.3) is 0 Å². The maximum absolute atomic E-state index is 10.8. The lowest BCUT2D eigenvalue weighted by molar-refractivity contribution is -0.138. The van der Waals surface area contributed by atoms with Gasteiger partial charge < -0.3 is 14.9 Å². The highest BCUT2D eigenvalue weighted by atomic mass is 35.5. The van der Waals surface area contributed by atoms with Crippen molar-refractivity contribution < 1.29 is 19.7 Å². The Bertz CT molecular complexity index is 440. The first kappa shape index (κ1) is 13.6. The summed E-state index contributed by atoms with van der Waals surface area (Å²) in [5.74, 6) is -0.687. The second-order valence-electron chi connectivity index (χ2n) is 4.46. The highest BCUT2D eigenvalue weighted by molar-refractivity contribution is 6.31. The number of aliphatic carboxylic acids is 1. The molecule has 0 fully saturated rings. The van der Waals surface area contributed by atoms with Gasteiger partial charge in [0.1, 0.15) is 0 Å². The summed E-state index contributed by atoms with van der Waals surface area (Å²) in [4.78, 5) is 10.8. The quantitative estimate of drug-likeness (QED) is 0.872. The third-order valence-corrected chi connectivity index (χ3v) is 2.90. The summed E-state index contributed by atoms with van der Waals surface area (Å²) in [7, 11) is 1.43. The standard InChI is InChI=1S/C12H15ClO4/c1-12(2,6-11(15)16)7-4-10(17-3)9(14)5-8(7)13/h4-5,14H,6H2,1-3H3,(H,15,16). The molecule has 0 aliphatic heterocycles. The van der Waals surface area contributed by atoms with Gasteiger partial charge in [0.2, 0.25) is 0 Å². The van der Waals surface area contributed by atoms with E-state index in [0.29, 0.717) is 10.6 Å². The zero-order valence-electron chi connectivity index (χ0n) is 9.95. The molecule has 94 valence electrons. The molecule has 0 atom stereocenters. The van der Waals surface area contributed by atoms with E-state index in [2.05, 4.69) is 0 Å². The van der Waals surface area contributed by atoms with Gasteiger partial charge in [-0.2, -0.15) is 0 Å². The first-order valence-electron chi connectivity index (χ1n) is 5.06. The number of aromatic hydroxyl groups is 1. The zero-order chi connectivity index (χ0) is 13.2. The molecule has 0 aliphatic rings. The molecule has 0 unspecified atom stereocenters. The van der Waals surface area contributed by atoms with Crippen molar-refractivity contribution in [2.45, 2.75) is 25.7 Å². The second-order valence-corrected chi connectivity index (χ2v) is 4.87. The molecule has 5 heteroatoms. The van der Waals surface area contributed by atoms with E-state index in [0.717, 1.165) is 0 Å². The number of rotatable bonds is 4. The molecule has 17 heavy (non-hydrogen) atoms. The second kappa shape index (κ2) is 4.84. The van der Waals surface area contributed by atoms with Crippen LogP contribution in [0.15, 0.2) is 12.1 Å². The normalized spacial score (nSPS) is 11.3. The molecule has 0 bridgehead atoms. The Balaban J connectivity index is 3.25. The Morgan fingerprint density at radius 2 is 2.06 bits per heavy atom. The molecule has 0 saturated heterocycles. The van der Waals surface area contributed by atoms with Gasteiger partial charge in [0.25, 0.3) is 0 Å². The van der Waals surface area contributed by atoms with Crippen molar-refractivity contribution in [3.05, 3.63) is 22.7 Å². The minimum atomic E-state index is -0.905. The molecule has 0 saturated carbocycles. The molecule has 1 rings (SSSR count). The van der Waals surface area contributed by atoms with E-state index < -0.39 is 11.4 Å². The molecule has 0 amide bonds. The van der Waals surface area contributed by atoms with Crippen LogP contribution >= 0.6 is 11.6 Å². The molecular formula is C12H15ClO4. The van der Waals surface area contributed by atoms with Crippen molar-refractivity contribution in [3.8, 4) is 11.5 Å². The zero-order valence-corrected chi connectivity index (χ0v) is 10.7. The summed E-state index contributed by atoms with van der Waals surface area (Å²) in [5.41, 5.74) is 0.000363. The largest absolute Gasteiger partial charge is 0.504 e. The lowest BCUT2D eigenvalue weighted by Gasteiger charge is -2.25. The molecule has 4 nitrogen and oxygen atoms in total. The minimum absolute atomic E-state index is 0.0549. The number of hydrogen-bond acceptors (Lipinski definition) is 3. The molecule has 0 radical (unpaired) electrons. The van der Waals surface area contributed by atoms with Crippen LogP contribution < -0.4 is 4.74 Å². The van der Waals surface area contributed by atoms with Gasteiger partial charge in [-0.3, -0.25) is 4.79 Å². The van der Waals surface area contributed by atoms with E-state index in [1.165, 1.54) is 13.2 Å². The van der Waals surface area contributed by atoms with E-state index in [9.17, 15) is 9.90 Å². The molecule has 1 aromatic carbocycles. The van der Waals surface area contributed by atoms with Crippen LogP contribution in [0.5, 0.6) is 11.5 Å². The average molecular weight is 259 g/mol. The van der Waals surface area contributed by atoms with Crippen LogP contribution in [-0.2, 0) is 10.2 Å². The van der Waals surface area contributed by atoms with Crippen LogP contribution in [0.3, 0.4) is 0 Å². The number of carbonyl (C=O) groups is 1. The van der Waals surface area contributed by atoms with Gasteiger partial charge in [0.05, 0.1) is 13.5 Å². The van der Waals surface area contributed by atoms with Crippen molar-refractivity contribution >= 4 is 17.6 Å². The van der Waals surface area contributed by atoms with Crippen molar-refractivity contribution in [3.63, 3.8) is 0 Å². The third kappa shape index (κ3) is 3.03. The summed E-state index contributed by atoms with van der Waals surface area (Å²) in [6.07, 6.45) is -0.0549. The number of methoxy groups -OCH3 is 1. The summed E-state index contributed by atoms with van der Waals surface area (Å²) in [6.45, 7) is 3.55. The topological polar surface area (TPSA) is 66.8 Å². The van der Waals surface area contributed by atoms with Gasteiger partial charge in [-0.1, -0.05) is 25.4 Å². The number of benzene rings is 1. The molecule has 1 aromatic rings. The van der Waals surface area contributed by atoms with Gasteiger partial charge in [-0.15, -0.1) is 0 Å². The van der Waals surface area contributed by atoms with Gasteiger partial charge in [0, 0.05) is 16.5 Å². The fraction of sp³-hybridized carbons (Fsp3) is 0.417. The van der Waals surface area contributed by atoms with Gasteiger partial charge in [0.15, 0.2) is 11.5 Å². The number of halogens is 1. The van der Waals surface area contributed by atoms with Gasteiger partial charge >= 0.3 is 5.97 Å². The molecule has 0 heterocycles. The fourth-order valence-electron chi connectivity index (χ4n) is 1.70. The van der Waals surface area contributed by atoms with Crippen LogP contribution in [0.1, 0.15) is 25.8 Å². The fourth-order valence-corrected chi connectivity index (χ4v) is 2.11. The molecule has 0 aromatic heterocycles. The summed E-state index contributed by atoms with van der Waals surface area (Å²) < 4.78 is 4.98. The van der Waals surface area contributed by atoms with Crippen LogP contribution in [0.2, 0.25) is 5.02 Å². The van der Waals surface area contributed by atoms with Gasteiger partial charge in [-0.25, -0.2) is 0 Å².